The molecule has 2 atom stereocenters. The number of amides is 2. The normalized spacial score (nSPS) is 19.6. The average molecular weight is 300 g/mol. The van der Waals surface area contributed by atoms with E-state index < -0.39 is 17.9 Å². The highest BCUT2D eigenvalue weighted by Gasteiger charge is 2.31. The first-order chi connectivity index (χ1) is 10.0. The van der Waals surface area contributed by atoms with Gasteiger partial charge in [-0.05, 0) is 19.3 Å². The Morgan fingerprint density at radius 1 is 1.29 bits per heavy atom. The van der Waals surface area contributed by atoms with Crippen LogP contribution in [0.25, 0.3) is 0 Å². The van der Waals surface area contributed by atoms with Gasteiger partial charge in [-0.2, -0.15) is 0 Å². The number of aliphatic carboxylic acids is 1. The number of carbonyl (C=O) groups excluding carboxylic acids is 2. The maximum Gasteiger partial charge on any atom is 0.326 e. The van der Waals surface area contributed by atoms with Gasteiger partial charge in [-0.15, -0.1) is 0 Å². The van der Waals surface area contributed by atoms with E-state index in [2.05, 4.69) is 10.6 Å². The van der Waals surface area contributed by atoms with Crippen molar-refractivity contribution in [3.63, 3.8) is 0 Å². The highest BCUT2D eigenvalue weighted by molar-refractivity contribution is 5.87. The predicted molar refractivity (Wildman–Crippen MR) is 75.6 cm³/mol. The second kappa shape index (κ2) is 9.33. The molecule has 7 nitrogen and oxygen atoms in total. The van der Waals surface area contributed by atoms with Gasteiger partial charge in [0.2, 0.25) is 11.8 Å². The SMILES string of the molecule is CCCNC(=O)CCC(=O)NC(C(=O)O)C1CCCOC1. The van der Waals surface area contributed by atoms with Crippen LogP contribution in [0.3, 0.4) is 0 Å². The molecule has 1 heterocycles. The van der Waals surface area contributed by atoms with Gasteiger partial charge in [-0.25, -0.2) is 4.79 Å². The zero-order chi connectivity index (χ0) is 15.7. The molecule has 2 unspecified atom stereocenters. The summed E-state index contributed by atoms with van der Waals surface area (Å²) in [7, 11) is 0. The molecule has 0 aromatic rings. The Morgan fingerprint density at radius 2 is 2.00 bits per heavy atom. The highest BCUT2D eigenvalue weighted by atomic mass is 16.5. The molecular formula is C14H24N2O5. The van der Waals surface area contributed by atoms with Gasteiger partial charge in [0, 0.05) is 31.9 Å². The highest BCUT2D eigenvalue weighted by Crippen LogP contribution is 2.18. The summed E-state index contributed by atoms with van der Waals surface area (Å²) in [6.45, 7) is 3.50. The molecule has 0 aromatic carbocycles. The molecule has 1 saturated heterocycles. The van der Waals surface area contributed by atoms with Crippen molar-refractivity contribution < 1.29 is 24.2 Å². The number of hydrogen-bond acceptors (Lipinski definition) is 4. The quantitative estimate of drug-likeness (QED) is 0.597. The van der Waals surface area contributed by atoms with Crippen LogP contribution in [-0.4, -0.2) is 48.7 Å². The van der Waals surface area contributed by atoms with Crippen LogP contribution in [0.2, 0.25) is 0 Å². The molecular weight excluding hydrogens is 276 g/mol. The van der Waals surface area contributed by atoms with Crippen molar-refractivity contribution in [2.45, 2.75) is 45.1 Å². The van der Waals surface area contributed by atoms with Crippen LogP contribution in [0.4, 0.5) is 0 Å². The predicted octanol–water partition coefficient (Wildman–Crippen LogP) is 0.289. The van der Waals surface area contributed by atoms with E-state index >= 15 is 0 Å². The summed E-state index contributed by atoms with van der Waals surface area (Å²) in [4.78, 5) is 34.4. The first kappa shape index (κ1) is 17.4. The number of carboxylic acids is 1. The van der Waals surface area contributed by atoms with E-state index in [4.69, 9.17) is 4.74 Å². The largest absolute Gasteiger partial charge is 0.480 e. The monoisotopic (exact) mass is 300 g/mol. The van der Waals surface area contributed by atoms with Gasteiger partial charge in [0.05, 0.1) is 6.61 Å². The number of carbonyl (C=O) groups is 3. The molecule has 0 saturated carbocycles. The molecule has 0 aliphatic carbocycles. The lowest BCUT2D eigenvalue weighted by atomic mass is 9.93. The van der Waals surface area contributed by atoms with E-state index in [9.17, 15) is 19.5 Å². The Balaban J connectivity index is 2.38. The minimum absolute atomic E-state index is 0.00704. The molecule has 7 heteroatoms. The fourth-order valence-electron chi connectivity index (χ4n) is 2.24. The molecule has 1 aliphatic rings. The Kier molecular flexibility index (Phi) is 7.74. The van der Waals surface area contributed by atoms with Gasteiger partial charge < -0.3 is 20.5 Å². The van der Waals surface area contributed by atoms with Crippen molar-refractivity contribution in [2.75, 3.05) is 19.8 Å². The molecule has 2 amide bonds. The molecule has 0 aromatic heterocycles. The third-order valence-electron chi connectivity index (χ3n) is 3.40. The van der Waals surface area contributed by atoms with E-state index in [1.54, 1.807) is 0 Å². The molecule has 0 bridgehead atoms. The molecule has 1 rings (SSSR count). The third kappa shape index (κ3) is 6.57. The number of nitrogens with one attached hydrogen (secondary N) is 2. The van der Waals surface area contributed by atoms with Gasteiger partial charge in [-0.1, -0.05) is 6.92 Å². The van der Waals surface area contributed by atoms with E-state index in [1.807, 2.05) is 6.92 Å². The van der Waals surface area contributed by atoms with Crippen LogP contribution in [0, 0.1) is 5.92 Å². The molecule has 1 fully saturated rings. The summed E-state index contributed by atoms with van der Waals surface area (Å²) in [5, 5.41) is 14.4. The van der Waals surface area contributed by atoms with Gasteiger partial charge in [-0.3, -0.25) is 9.59 Å². The lowest BCUT2D eigenvalue weighted by Gasteiger charge is -2.28. The minimum Gasteiger partial charge on any atom is -0.480 e. The Hall–Kier alpha value is -1.63. The Labute approximate surface area is 124 Å². The lowest BCUT2D eigenvalue weighted by Crippen LogP contribution is -2.48. The summed E-state index contributed by atoms with van der Waals surface area (Å²) < 4.78 is 5.26. The first-order valence-electron chi connectivity index (χ1n) is 7.41. The fraction of sp³-hybridized carbons (Fsp3) is 0.786. The fourth-order valence-corrected chi connectivity index (χ4v) is 2.24. The molecule has 0 spiro atoms. The maximum absolute atomic E-state index is 11.8. The molecule has 120 valence electrons. The summed E-state index contributed by atoms with van der Waals surface area (Å²) in [6.07, 6.45) is 2.41. The van der Waals surface area contributed by atoms with Crippen molar-refractivity contribution in [1.82, 2.24) is 10.6 Å². The standard InChI is InChI=1S/C14H24N2O5/c1-2-7-15-11(17)5-6-12(18)16-13(14(19)20)10-4-3-8-21-9-10/h10,13H,2-9H2,1H3,(H,15,17)(H,16,18)(H,19,20). The minimum atomic E-state index is -1.06. The van der Waals surface area contributed by atoms with Crippen molar-refractivity contribution in [3.05, 3.63) is 0 Å². The van der Waals surface area contributed by atoms with E-state index in [-0.39, 0.29) is 24.7 Å². The topological polar surface area (TPSA) is 105 Å². The van der Waals surface area contributed by atoms with Crippen LogP contribution in [0.5, 0.6) is 0 Å². The van der Waals surface area contributed by atoms with Crippen LogP contribution < -0.4 is 10.6 Å². The van der Waals surface area contributed by atoms with Gasteiger partial charge >= 0.3 is 5.97 Å². The van der Waals surface area contributed by atoms with Crippen molar-refractivity contribution >= 4 is 17.8 Å². The summed E-state index contributed by atoms with van der Waals surface area (Å²) in [6, 6.07) is -0.948. The zero-order valence-corrected chi connectivity index (χ0v) is 12.4. The van der Waals surface area contributed by atoms with Crippen molar-refractivity contribution in [1.29, 1.82) is 0 Å². The van der Waals surface area contributed by atoms with Crippen molar-refractivity contribution in [3.8, 4) is 0 Å². The molecule has 21 heavy (non-hydrogen) atoms. The second-order valence-electron chi connectivity index (χ2n) is 5.21. The third-order valence-corrected chi connectivity index (χ3v) is 3.40. The Bertz CT molecular complexity index is 366. The second-order valence-corrected chi connectivity index (χ2v) is 5.21. The average Bonchev–Trinajstić information content (AvgIpc) is 2.49. The number of hydrogen-bond donors (Lipinski definition) is 3. The number of carboxylic acid groups (broad SMARTS) is 1. The van der Waals surface area contributed by atoms with E-state index in [1.165, 1.54) is 0 Å². The number of ether oxygens (including phenoxy) is 1. The van der Waals surface area contributed by atoms with Crippen LogP contribution in [0.1, 0.15) is 39.0 Å². The van der Waals surface area contributed by atoms with Gasteiger partial charge in [0.15, 0.2) is 0 Å². The van der Waals surface area contributed by atoms with E-state index in [0.717, 1.165) is 12.8 Å². The van der Waals surface area contributed by atoms with Crippen LogP contribution in [-0.2, 0) is 19.1 Å². The smallest absolute Gasteiger partial charge is 0.326 e. The molecule has 3 N–H and O–H groups in total. The summed E-state index contributed by atoms with van der Waals surface area (Å²) in [5.74, 6) is -1.89. The van der Waals surface area contributed by atoms with Crippen LogP contribution in [0.15, 0.2) is 0 Å². The molecule has 1 aliphatic heterocycles. The van der Waals surface area contributed by atoms with Gasteiger partial charge in [0.25, 0.3) is 0 Å². The zero-order valence-electron chi connectivity index (χ0n) is 12.4. The first-order valence-corrected chi connectivity index (χ1v) is 7.41. The van der Waals surface area contributed by atoms with E-state index in [0.29, 0.717) is 26.2 Å². The maximum atomic E-state index is 11.8. The van der Waals surface area contributed by atoms with Crippen molar-refractivity contribution in [2.24, 2.45) is 5.92 Å². The lowest BCUT2D eigenvalue weighted by molar-refractivity contribution is -0.145. The summed E-state index contributed by atoms with van der Waals surface area (Å²) in [5.41, 5.74) is 0. The van der Waals surface area contributed by atoms with Crippen LogP contribution >= 0.6 is 0 Å². The summed E-state index contributed by atoms with van der Waals surface area (Å²) >= 11 is 0. The number of rotatable bonds is 8. The Morgan fingerprint density at radius 3 is 2.57 bits per heavy atom. The van der Waals surface area contributed by atoms with Gasteiger partial charge in [0.1, 0.15) is 6.04 Å². The molecule has 0 radical (unpaired) electrons.